The molecule has 1 amide bonds. The van der Waals surface area contributed by atoms with Crippen LogP contribution in [0.3, 0.4) is 0 Å². The summed E-state index contributed by atoms with van der Waals surface area (Å²) in [6.07, 6.45) is 0. The molecular weight excluding hydrogens is 372 g/mol. The molecule has 0 saturated carbocycles. The van der Waals surface area contributed by atoms with E-state index in [1.807, 2.05) is 37.6 Å². The lowest BCUT2D eigenvalue weighted by atomic mass is 10.2. The van der Waals surface area contributed by atoms with Crippen molar-refractivity contribution in [3.63, 3.8) is 0 Å². The van der Waals surface area contributed by atoms with Crippen LogP contribution in [0.4, 0.5) is 0 Å². The van der Waals surface area contributed by atoms with Crippen molar-refractivity contribution >= 4 is 21.8 Å². The van der Waals surface area contributed by atoms with Crippen molar-refractivity contribution in [2.45, 2.75) is 27.3 Å². The second-order valence-corrected chi connectivity index (χ2v) is 6.35. The van der Waals surface area contributed by atoms with Crippen LogP contribution < -0.4 is 5.32 Å². The molecular formula is C17H17BrN4O2. The van der Waals surface area contributed by atoms with Gasteiger partial charge in [0.1, 0.15) is 11.5 Å². The van der Waals surface area contributed by atoms with Gasteiger partial charge in [0.05, 0.1) is 28.1 Å². The Balaban J connectivity index is 1.71. The number of carbonyl (C=O) groups excluding carboxylic acids is 1. The smallest absolute Gasteiger partial charge is 0.251 e. The minimum absolute atomic E-state index is 0.156. The van der Waals surface area contributed by atoms with Crippen molar-refractivity contribution in [1.82, 2.24) is 20.3 Å². The molecule has 0 bridgehead atoms. The lowest BCUT2D eigenvalue weighted by molar-refractivity contribution is 0.0950. The monoisotopic (exact) mass is 388 g/mol. The second-order valence-electron chi connectivity index (χ2n) is 5.56. The number of nitrogens with one attached hydrogen (secondary N) is 1. The Morgan fingerprint density at radius 1 is 1.25 bits per heavy atom. The highest BCUT2D eigenvalue weighted by Gasteiger charge is 2.11. The minimum atomic E-state index is -0.156. The molecule has 7 heteroatoms. The number of aromatic nitrogens is 3. The maximum absolute atomic E-state index is 12.2. The third-order valence-electron chi connectivity index (χ3n) is 3.68. The van der Waals surface area contributed by atoms with Crippen molar-refractivity contribution in [2.75, 3.05) is 0 Å². The first-order valence-corrected chi connectivity index (χ1v) is 8.27. The zero-order valence-corrected chi connectivity index (χ0v) is 15.2. The first kappa shape index (κ1) is 16.4. The number of nitrogens with zero attached hydrogens (tertiary/aromatic N) is 3. The predicted molar refractivity (Wildman–Crippen MR) is 93.1 cm³/mol. The van der Waals surface area contributed by atoms with Gasteiger partial charge in [0, 0.05) is 11.6 Å². The summed E-state index contributed by atoms with van der Waals surface area (Å²) in [5.74, 6) is 0.566. The van der Waals surface area contributed by atoms with E-state index in [0.29, 0.717) is 17.8 Å². The van der Waals surface area contributed by atoms with Gasteiger partial charge in [-0.3, -0.25) is 4.79 Å². The van der Waals surface area contributed by atoms with Gasteiger partial charge in [-0.2, -0.15) is 5.10 Å². The molecule has 24 heavy (non-hydrogen) atoms. The zero-order chi connectivity index (χ0) is 17.3. The van der Waals surface area contributed by atoms with Crippen molar-refractivity contribution in [3.05, 3.63) is 63.2 Å². The van der Waals surface area contributed by atoms with Gasteiger partial charge in [-0.15, -0.1) is 0 Å². The van der Waals surface area contributed by atoms with E-state index in [4.69, 9.17) is 4.52 Å². The lowest BCUT2D eigenvalue weighted by Crippen LogP contribution is -2.22. The van der Waals surface area contributed by atoms with Crippen LogP contribution in [0.15, 0.2) is 39.3 Å². The molecule has 0 fully saturated rings. The number of hydrogen-bond donors (Lipinski definition) is 1. The maximum Gasteiger partial charge on any atom is 0.251 e. The molecule has 0 saturated heterocycles. The summed E-state index contributed by atoms with van der Waals surface area (Å²) < 4.78 is 7.81. The molecule has 0 aliphatic carbocycles. The fourth-order valence-corrected chi connectivity index (χ4v) is 2.65. The highest BCUT2D eigenvalue weighted by molar-refractivity contribution is 9.10. The van der Waals surface area contributed by atoms with E-state index in [0.717, 1.165) is 27.3 Å². The number of carbonyl (C=O) groups is 1. The number of halogens is 1. The Hall–Kier alpha value is -2.41. The van der Waals surface area contributed by atoms with E-state index in [9.17, 15) is 4.79 Å². The van der Waals surface area contributed by atoms with Gasteiger partial charge in [0.2, 0.25) is 0 Å². The zero-order valence-electron chi connectivity index (χ0n) is 13.6. The summed E-state index contributed by atoms with van der Waals surface area (Å²) >= 11 is 3.52. The van der Waals surface area contributed by atoms with E-state index < -0.39 is 0 Å². The third-order valence-corrected chi connectivity index (χ3v) is 4.83. The molecule has 0 atom stereocenters. The third kappa shape index (κ3) is 3.26. The van der Waals surface area contributed by atoms with Crippen LogP contribution in [-0.2, 0) is 6.54 Å². The van der Waals surface area contributed by atoms with E-state index in [1.54, 1.807) is 18.2 Å². The molecule has 0 spiro atoms. The van der Waals surface area contributed by atoms with Crippen LogP contribution in [0.25, 0.3) is 5.69 Å². The molecule has 2 heterocycles. The van der Waals surface area contributed by atoms with Crippen molar-refractivity contribution in [3.8, 4) is 5.69 Å². The van der Waals surface area contributed by atoms with Gasteiger partial charge in [0.15, 0.2) is 0 Å². The van der Waals surface area contributed by atoms with Crippen molar-refractivity contribution in [1.29, 1.82) is 0 Å². The number of aryl methyl sites for hydroxylation is 2. The van der Waals surface area contributed by atoms with Gasteiger partial charge in [-0.05, 0) is 61.0 Å². The van der Waals surface area contributed by atoms with Gasteiger partial charge >= 0.3 is 0 Å². The number of amides is 1. The standard InChI is InChI=1S/C17H17BrN4O2/c1-10-8-14(21-24-10)9-19-17(23)13-4-6-15(7-5-13)22-12(3)16(18)11(2)20-22/h4-8H,9H2,1-3H3,(H,19,23). The molecule has 1 N–H and O–H groups in total. The first-order chi connectivity index (χ1) is 11.5. The van der Waals surface area contributed by atoms with E-state index in [2.05, 4.69) is 31.5 Å². The largest absolute Gasteiger partial charge is 0.361 e. The Morgan fingerprint density at radius 3 is 2.50 bits per heavy atom. The molecule has 2 aromatic heterocycles. The molecule has 124 valence electrons. The van der Waals surface area contributed by atoms with E-state index >= 15 is 0 Å². The maximum atomic E-state index is 12.2. The number of hydrogen-bond acceptors (Lipinski definition) is 4. The van der Waals surface area contributed by atoms with E-state index in [-0.39, 0.29) is 5.91 Å². The van der Waals surface area contributed by atoms with Gasteiger partial charge in [0.25, 0.3) is 5.91 Å². The SMILES string of the molecule is Cc1cc(CNC(=O)c2ccc(-n3nc(C)c(Br)c3C)cc2)no1. The van der Waals surface area contributed by atoms with Crippen LogP contribution in [0, 0.1) is 20.8 Å². The number of benzene rings is 1. The molecule has 0 aliphatic rings. The van der Waals surface area contributed by atoms with Crippen molar-refractivity contribution in [2.24, 2.45) is 0 Å². The summed E-state index contributed by atoms with van der Waals surface area (Å²) in [5, 5.41) is 11.2. The Kier molecular flexibility index (Phi) is 4.53. The summed E-state index contributed by atoms with van der Waals surface area (Å²) in [5.41, 5.74) is 4.14. The summed E-state index contributed by atoms with van der Waals surface area (Å²) in [4.78, 5) is 12.2. The fourth-order valence-electron chi connectivity index (χ4n) is 2.40. The van der Waals surface area contributed by atoms with Gasteiger partial charge in [-0.25, -0.2) is 4.68 Å². The molecule has 1 aromatic carbocycles. The first-order valence-electron chi connectivity index (χ1n) is 7.48. The van der Waals surface area contributed by atoms with E-state index in [1.165, 1.54) is 0 Å². The van der Waals surface area contributed by atoms with Gasteiger partial charge < -0.3 is 9.84 Å². The molecule has 6 nitrogen and oxygen atoms in total. The minimum Gasteiger partial charge on any atom is -0.361 e. The highest BCUT2D eigenvalue weighted by Crippen LogP contribution is 2.23. The van der Waals surface area contributed by atoms with Gasteiger partial charge in [-0.1, -0.05) is 5.16 Å². The Labute approximate surface area is 148 Å². The average molecular weight is 389 g/mol. The highest BCUT2D eigenvalue weighted by atomic mass is 79.9. The molecule has 0 unspecified atom stereocenters. The summed E-state index contributed by atoms with van der Waals surface area (Å²) in [6.45, 7) is 6.09. The quantitative estimate of drug-likeness (QED) is 0.742. The fraction of sp³-hybridized carbons (Fsp3) is 0.235. The van der Waals surface area contributed by atoms with Crippen LogP contribution in [0.5, 0.6) is 0 Å². The molecule has 3 rings (SSSR count). The summed E-state index contributed by atoms with van der Waals surface area (Å²) in [6, 6.07) is 9.11. The van der Waals surface area contributed by atoms with Crippen LogP contribution in [0.1, 0.15) is 33.2 Å². The Bertz CT molecular complexity index is 881. The van der Waals surface area contributed by atoms with Crippen LogP contribution >= 0.6 is 15.9 Å². The lowest BCUT2D eigenvalue weighted by Gasteiger charge is -2.07. The molecule has 0 radical (unpaired) electrons. The van der Waals surface area contributed by atoms with Crippen LogP contribution in [0.2, 0.25) is 0 Å². The topological polar surface area (TPSA) is 73.0 Å². The summed E-state index contributed by atoms with van der Waals surface area (Å²) in [7, 11) is 0. The normalized spacial score (nSPS) is 10.8. The predicted octanol–water partition coefficient (Wildman–Crippen LogP) is 3.48. The van der Waals surface area contributed by atoms with Crippen LogP contribution in [-0.4, -0.2) is 20.8 Å². The van der Waals surface area contributed by atoms with Crippen molar-refractivity contribution < 1.29 is 9.32 Å². The number of rotatable bonds is 4. The average Bonchev–Trinajstić information content (AvgIpc) is 3.11. The molecule has 0 aliphatic heterocycles. The Morgan fingerprint density at radius 2 is 1.96 bits per heavy atom. The molecule has 3 aromatic rings. The second kappa shape index (κ2) is 6.60.